The molecular formula is C56H76Cl2O11. The number of unbranched alkanes of at least 4 members (excludes halogenated alkanes) is 6. The molecule has 8 rings (SSSR count). The average molecular weight is 996 g/mol. The quantitative estimate of drug-likeness (QED) is 0.0344. The molecule has 380 valence electrons. The lowest BCUT2D eigenvalue weighted by Gasteiger charge is -2.59. The first-order valence-electron chi connectivity index (χ1n) is 24.8. The molecule has 6 saturated carbocycles. The largest absolute Gasteiger partial charge is 0.508 e. The lowest BCUT2D eigenvalue weighted by molar-refractivity contribution is -0.152. The van der Waals surface area contributed by atoms with Crippen molar-refractivity contribution in [3.05, 3.63) is 70.8 Å². The number of ether oxygens (including phenoxy) is 1. The number of Topliss-reactive ketones (excluding diaryl/α,β-unsaturated/α-hetero) is 2. The fourth-order valence-corrected chi connectivity index (χ4v) is 11.7. The van der Waals surface area contributed by atoms with Crippen molar-refractivity contribution in [1.82, 2.24) is 0 Å². The number of esters is 1. The van der Waals surface area contributed by atoms with Gasteiger partial charge in [0.25, 0.3) is 0 Å². The molecule has 2 aromatic rings. The molecule has 0 radical (unpaired) electrons. The summed E-state index contributed by atoms with van der Waals surface area (Å²) in [6, 6.07) is 7.21. The van der Waals surface area contributed by atoms with E-state index in [0.717, 1.165) is 86.8 Å². The van der Waals surface area contributed by atoms with Crippen molar-refractivity contribution in [2.24, 2.45) is 34.5 Å². The van der Waals surface area contributed by atoms with E-state index in [1.54, 1.807) is 12.1 Å². The molecule has 6 atom stereocenters. The third-order valence-corrected chi connectivity index (χ3v) is 16.3. The van der Waals surface area contributed by atoms with E-state index in [2.05, 4.69) is 69.2 Å². The van der Waals surface area contributed by atoms with Crippen molar-refractivity contribution in [1.29, 1.82) is 0 Å². The van der Waals surface area contributed by atoms with Gasteiger partial charge in [-0.15, -0.1) is 0 Å². The van der Waals surface area contributed by atoms with Gasteiger partial charge in [-0.25, -0.2) is 9.59 Å². The summed E-state index contributed by atoms with van der Waals surface area (Å²) in [6.07, 6.45) is 17.1. The van der Waals surface area contributed by atoms with Crippen LogP contribution in [0.2, 0.25) is 0 Å². The summed E-state index contributed by atoms with van der Waals surface area (Å²) in [6.45, 7) is 21.4. The number of fused-ring (bicyclic) bond motifs is 4. The first-order chi connectivity index (χ1) is 32.1. The molecule has 0 spiro atoms. The van der Waals surface area contributed by atoms with Gasteiger partial charge in [0.2, 0.25) is 10.5 Å². The average Bonchev–Trinajstić information content (AvgIpc) is 3.24. The topological polar surface area (TPSA) is 193 Å². The molecular weight excluding hydrogens is 920 g/mol. The van der Waals surface area contributed by atoms with Crippen molar-refractivity contribution in [2.75, 3.05) is 0 Å². The fourth-order valence-electron chi connectivity index (χ4n) is 11.5. The van der Waals surface area contributed by atoms with Crippen LogP contribution in [0.3, 0.4) is 0 Å². The number of carboxylic acid groups (broad SMARTS) is 1. The Kier molecular flexibility index (Phi) is 19.5. The molecule has 0 heterocycles. The molecule has 6 aliphatic rings. The number of halogens is 2. The van der Waals surface area contributed by atoms with Gasteiger partial charge in [0.15, 0.2) is 0 Å². The van der Waals surface area contributed by atoms with Gasteiger partial charge in [-0.1, -0.05) is 121 Å². The minimum atomic E-state index is -1.25. The van der Waals surface area contributed by atoms with Gasteiger partial charge >= 0.3 is 11.9 Å². The Morgan fingerprint density at radius 1 is 0.623 bits per heavy atom. The number of allylic oxidation sites excluding steroid dienone is 2. The number of aliphatic carboxylic acids is 1. The number of carboxylic acids is 1. The molecule has 0 amide bonds. The maximum atomic E-state index is 12.8. The van der Waals surface area contributed by atoms with Crippen LogP contribution in [0.5, 0.6) is 23.0 Å². The second-order valence-corrected chi connectivity index (χ2v) is 23.0. The van der Waals surface area contributed by atoms with Gasteiger partial charge in [-0.2, -0.15) is 0 Å². The molecule has 6 aliphatic carbocycles. The summed E-state index contributed by atoms with van der Waals surface area (Å²) < 4.78 is 5.62. The molecule has 0 aromatic heterocycles. The Balaban J connectivity index is 0.000000264. The molecule has 69 heavy (non-hydrogen) atoms. The highest BCUT2D eigenvalue weighted by Crippen LogP contribution is 2.65. The summed E-state index contributed by atoms with van der Waals surface area (Å²) in [5.41, 5.74) is 2.34. The molecule has 2 aromatic carbocycles. The minimum absolute atomic E-state index is 0.0306. The van der Waals surface area contributed by atoms with Crippen LogP contribution in [0.1, 0.15) is 193 Å². The molecule has 6 fully saturated rings. The predicted octanol–water partition coefficient (Wildman–Crippen LogP) is 13.0. The van der Waals surface area contributed by atoms with Gasteiger partial charge < -0.3 is 25.2 Å². The van der Waals surface area contributed by atoms with Crippen LogP contribution in [0.25, 0.3) is 0 Å². The number of aromatic hydroxyl groups is 3. The molecule has 0 saturated heterocycles. The molecule has 4 N–H and O–H groups in total. The molecule has 13 heteroatoms. The fraction of sp³-hybridized carbons (Fsp3) is 0.607. The number of benzene rings is 2. The monoisotopic (exact) mass is 994 g/mol. The molecule has 11 nitrogen and oxygen atoms in total. The van der Waals surface area contributed by atoms with E-state index in [9.17, 15) is 44.1 Å². The second-order valence-electron chi connectivity index (χ2n) is 22.2. The van der Waals surface area contributed by atoms with E-state index in [-0.39, 0.29) is 85.8 Å². The number of phenols is 3. The van der Waals surface area contributed by atoms with Crippen molar-refractivity contribution in [3.8, 4) is 23.0 Å². The highest BCUT2D eigenvalue weighted by molar-refractivity contribution is 6.69. The van der Waals surface area contributed by atoms with Crippen LogP contribution in [0.15, 0.2) is 48.6 Å². The van der Waals surface area contributed by atoms with Gasteiger partial charge in [0.1, 0.15) is 34.6 Å². The van der Waals surface area contributed by atoms with Crippen LogP contribution in [-0.2, 0) is 39.6 Å². The normalized spacial score (nSPS) is 23.2. The number of rotatable bonds is 19. The number of carbonyl (C=O) groups excluding carboxylic acids is 5. The van der Waals surface area contributed by atoms with Crippen molar-refractivity contribution in [3.63, 3.8) is 0 Å². The van der Waals surface area contributed by atoms with E-state index in [1.165, 1.54) is 25.7 Å². The highest BCUT2D eigenvalue weighted by Gasteiger charge is 2.60. The Labute approximate surface area is 419 Å². The van der Waals surface area contributed by atoms with Crippen LogP contribution in [0.4, 0.5) is 0 Å². The van der Waals surface area contributed by atoms with Crippen LogP contribution >= 0.6 is 23.2 Å². The molecule has 0 aliphatic heterocycles. The number of hydrogen-bond acceptors (Lipinski definition) is 10. The summed E-state index contributed by atoms with van der Waals surface area (Å²) in [5.74, 6) is -0.616. The maximum absolute atomic E-state index is 12.8. The van der Waals surface area contributed by atoms with E-state index >= 15 is 0 Å². The molecule has 2 unspecified atom stereocenters. The van der Waals surface area contributed by atoms with Crippen LogP contribution < -0.4 is 4.74 Å². The first-order valence-corrected chi connectivity index (χ1v) is 25.5. The highest BCUT2D eigenvalue weighted by atomic mass is 35.5. The van der Waals surface area contributed by atoms with E-state index in [0.29, 0.717) is 29.9 Å². The molecule has 4 bridgehead atoms. The van der Waals surface area contributed by atoms with Crippen molar-refractivity contribution >= 4 is 57.2 Å². The zero-order chi connectivity index (χ0) is 51.8. The number of carbonyl (C=O) groups is 6. The minimum Gasteiger partial charge on any atom is -0.508 e. The number of phenolic OH excluding ortho intramolecular Hbond substituents is 3. The van der Waals surface area contributed by atoms with Crippen molar-refractivity contribution < 1.29 is 53.9 Å². The zero-order valence-corrected chi connectivity index (χ0v) is 43.9. The van der Waals surface area contributed by atoms with Gasteiger partial charge in [0, 0.05) is 71.9 Å². The Morgan fingerprint density at radius 2 is 1.01 bits per heavy atom. The Hall–Kier alpha value is -4.48. The van der Waals surface area contributed by atoms with E-state index < -0.39 is 22.4 Å². The van der Waals surface area contributed by atoms with Crippen LogP contribution in [0, 0.1) is 34.5 Å². The lowest BCUT2D eigenvalue weighted by Crippen LogP contribution is -2.56. The second kappa shape index (κ2) is 23.6. The SMILES string of the molecule is CCCCCCC(C)(C)c1cc(O)c(C2CC(=O)[C@H]3C[C@@H]2C3(C)C)c(O)c1.CCCCCCC(C)(C)c1cc(O)c(C2CC(=O)[C@H]3C[C@@H]2C3(C)C)c(OC(=O)/C=C/C(=O)O)c1.O=C(Cl)/C=C/C(=O)Cl. The Morgan fingerprint density at radius 3 is 1.38 bits per heavy atom. The lowest BCUT2D eigenvalue weighted by atomic mass is 9.44. The van der Waals surface area contributed by atoms with Gasteiger partial charge in [-0.05, 0) is 118 Å². The maximum Gasteiger partial charge on any atom is 0.336 e. The van der Waals surface area contributed by atoms with Crippen LogP contribution in [-0.4, -0.2) is 54.4 Å². The smallest absolute Gasteiger partial charge is 0.336 e. The summed E-state index contributed by atoms with van der Waals surface area (Å²) in [4.78, 5) is 68.2. The van der Waals surface area contributed by atoms with E-state index in [4.69, 9.17) is 33.0 Å². The van der Waals surface area contributed by atoms with Gasteiger partial charge in [0.05, 0.1) is 0 Å². The van der Waals surface area contributed by atoms with E-state index in [1.807, 2.05) is 12.1 Å². The van der Waals surface area contributed by atoms with Gasteiger partial charge in [-0.3, -0.25) is 19.2 Å². The summed E-state index contributed by atoms with van der Waals surface area (Å²) >= 11 is 9.57. The zero-order valence-electron chi connectivity index (χ0n) is 42.4. The third-order valence-electron chi connectivity index (χ3n) is 16.1. The summed E-state index contributed by atoms with van der Waals surface area (Å²) in [5, 5.41) is 40.3. The Bertz CT molecular complexity index is 2250. The standard InChI is InChI=1S/C28H38O6.C24H36O3.C4H2Cl2O2/c1-6-7-8-9-12-27(2,3)17-13-22(30)26(23(14-17)34-25(33)11-10-24(31)32)18-15-21(29)20-16-19(18)28(20,4)5;1-6-7-8-9-10-23(2,3)15-11-20(26)22(21(27)12-15)16-13-19(25)18-14-17(16)24(18,4)5;5-3(7)1-2-4(6)8/h10-11,13-14,18-20,30H,6-9,12,15-16H2,1-5H3,(H,31,32);11-12,16-18,26-27H,6-10,13-14H2,1-5H3;1-2H/b11-10+;;2-1+/t18?,19-,20+;16?,17-,18+;/m00./s1. The number of ketones is 2. The van der Waals surface area contributed by atoms with Crippen molar-refractivity contribution in [2.45, 2.75) is 182 Å². The first kappa shape index (κ1) is 57.1. The summed E-state index contributed by atoms with van der Waals surface area (Å²) in [7, 11) is 0. The third kappa shape index (κ3) is 13.9. The predicted molar refractivity (Wildman–Crippen MR) is 270 cm³/mol. The number of hydrogen-bond donors (Lipinski definition) is 4.